The molecular formula is C38H44Cl2N2O3. The van der Waals surface area contributed by atoms with Crippen molar-refractivity contribution in [2.24, 2.45) is 0 Å². The van der Waals surface area contributed by atoms with Gasteiger partial charge in [0, 0.05) is 30.6 Å². The van der Waals surface area contributed by atoms with Crippen LogP contribution in [0.15, 0.2) is 66.7 Å². The number of amides is 1. The van der Waals surface area contributed by atoms with Crippen LogP contribution in [-0.4, -0.2) is 53.5 Å². The third-order valence-corrected chi connectivity index (χ3v) is 11.6. The first-order chi connectivity index (χ1) is 21.7. The Kier molecular flexibility index (Phi) is 8.67. The van der Waals surface area contributed by atoms with Crippen LogP contribution in [0.2, 0.25) is 10.0 Å². The number of likely N-dealkylation sites (tertiary alicyclic amines) is 1. The van der Waals surface area contributed by atoms with E-state index in [1.165, 1.54) is 29.5 Å². The molecule has 3 fully saturated rings. The summed E-state index contributed by atoms with van der Waals surface area (Å²) in [5.74, 6) is 0.974. The van der Waals surface area contributed by atoms with Crippen LogP contribution in [0.1, 0.15) is 81.0 Å². The highest BCUT2D eigenvalue weighted by Gasteiger charge is 2.53. The number of carbonyl (C=O) groups excluding carboxylic acids is 1. The molecule has 3 aromatic rings. The van der Waals surface area contributed by atoms with Gasteiger partial charge in [-0.15, -0.1) is 0 Å². The van der Waals surface area contributed by atoms with Crippen molar-refractivity contribution in [2.75, 3.05) is 19.6 Å². The quantitative estimate of drug-likeness (QED) is 0.247. The molecule has 0 aromatic heterocycles. The van der Waals surface area contributed by atoms with Gasteiger partial charge in [0.25, 0.3) is 0 Å². The van der Waals surface area contributed by atoms with E-state index in [1.807, 2.05) is 50.2 Å². The van der Waals surface area contributed by atoms with Crippen molar-refractivity contribution in [2.45, 2.75) is 101 Å². The van der Waals surface area contributed by atoms with E-state index in [1.54, 1.807) is 0 Å². The van der Waals surface area contributed by atoms with Gasteiger partial charge in [-0.25, -0.2) is 0 Å². The number of ether oxygens (including phenoxy) is 2. The molecular weight excluding hydrogens is 603 g/mol. The molecule has 3 saturated heterocycles. The number of nitrogens with zero attached hydrogens (tertiary/aromatic N) is 2. The van der Waals surface area contributed by atoms with Gasteiger partial charge in [0.1, 0.15) is 5.75 Å². The fraction of sp³-hybridized carbons (Fsp3) is 0.500. The summed E-state index contributed by atoms with van der Waals surface area (Å²) < 4.78 is 12.5. The molecule has 4 aliphatic rings. The summed E-state index contributed by atoms with van der Waals surface area (Å²) in [7, 11) is 0. The van der Waals surface area contributed by atoms with Crippen molar-refractivity contribution in [3.8, 4) is 5.75 Å². The van der Waals surface area contributed by atoms with Crippen LogP contribution >= 0.6 is 23.2 Å². The van der Waals surface area contributed by atoms with Gasteiger partial charge in [0.15, 0.2) is 0 Å². The van der Waals surface area contributed by atoms with Crippen LogP contribution in [0.25, 0.3) is 0 Å². The Morgan fingerprint density at radius 3 is 2.58 bits per heavy atom. The highest BCUT2D eigenvalue weighted by Crippen LogP contribution is 2.52. The topological polar surface area (TPSA) is 42.0 Å². The van der Waals surface area contributed by atoms with Crippen LogP contribution in [0.3, 0.4) is 0 Å². The average Bonchev–Trinajstić information content (AvgIpc) is 3.50. The van der Waals surface area contributed by atoms with E-state index in [0.29, 0.717) is 35.1 Å². The van der Waals surface area contributed by atoms with Crippen LogP contribution in [-0.2, 0) is 33.6 Å². The van der Waals surface area contributed by atoms with Gasteiger partial charge in [-0.3, -0.25) is 9.69 Å². The van der Waals surface area contributed by atoms with Gasteiger partial charge in [0.2, 0.25) is 5.91 Å². The molecule has 4 aliphatic heterocycles. The molecule has 2 bridgehead atoms. The van der Waals surface area contributed by atoms with Crippen molar-refractivity contribution in [1.82, 2.24) is 9.80 Å². The minimum absolute atomic E-state index is 0.0898. The second-order valence-electron chi connectivity index (χ2n) is 14.0. The molecule has 0 aliphatic carbocycles. The van der Waals surface area contributed by atoms with Gasteiger partial charge in [-0.2, -0.15) is 0 Å². The van der Waals surface area contributed by atoms with Crippen molar-refractivity contribution < 1.29 is 14.3 Å². The monoisotopic (exact) mass is 646 g/mol. The number of rotatable bonds is 8. The Morgan fingerprint density at radius 1 is 1.00 bits per heavy atom. The fourth-order valence-electron chi connectivity index (χ4n) is 8.77. The smallest absolute Gasteiger partial charge is 0.227 e. The highest BCUT2D eigenvalue weighted by atomic mass is 35.5. The third kappa shape index (κ3) is 6.14. The summed E-state index contributed by atoms with van der Waals surface area (Å²) >= 11 is 13.0. The lowest BCUT2D eigenvalue weighted by Crippen LogP contribution is -2.53. The van der Waals surface area contributed by atoms with E-state index < -0.39 is 0 Å². The molecule has 7 rings (SSSR count). The Morgan fingerprint density at radius 2 is 1.80 bits per heavy atom. The number of fused-ring (bicyclic) bond motifs is 4. The molecule has 45 heavy (non-hydrogen) atoms. The summed E-state index contributed by atoms with van der Waals surface area (Å²) in [5, 5.41) is 1.15. The lowest BCUT2D eigenvalue weighted by atomic mass is 9.71. The Bertz CT molecular complexity index is 1550. The Labute approximate surface area is 277 Å². The zero-order chi connectivity index (χ0) is 31.2. The second-order valence-corrected chi connectivity index (χ2v) is 14.9. The van der Waals surface area contributed by atoms with Gasteiger partial charge >= 0.3 is 0 Å². The van der Waals surface area contributed by atoms with E-state index >= 15 is 0 Å². The maximum Gasteiger partial charge on any atom is 0.227 e. The summed E-state index contributed by atoms with van der Waals surface area (Å²) in [6, 6.07) is 23.9. The minimum atomic E-state index is -0.185. The minimum Gasteiger partial charge on any atom is -0.491 e. The second kappa shape index (κ2) is 12.6. The molecule has 5 nitrogen and oxygen atoms in total. The molecule has 0 radical (unpaired) electrons. The lowest BCUT2D eigenvalue weighted by Gasteiger charge is -2.48. The van der Waals surface area contributed by atoms with Crippen LogP contribution in [0.4, 0.5) is 0 Å². The van der Waals surface area contributed by atoms with E-state index in [9.17, 15) is 4.79 Å². The van der Waals surface area contributed by atoms with Gasteiger partial charge in [0.05, 0.1) is 34.8 Å². The summed E-state index contributed by atoms with van der Waals surface area (Å²) in [4.78, 5) is 18.7. The fourth-order valence-corrected chi connectivity index (χ4v) is 9.07. The first-order valence-corrected chi connectivity index (χ1v) is 17.5. The number of carbonyl (C=O) groups is 1. The molecule has 4 heterocycles. The summed E-state index contributed by atoms with van der Waals surface area (Å²) in [6.45, 7) is 7.24. The molecule has 3 unspecified atom stereocenters. The first-order valence-electron chi connectivity index (χ1n) is 16.7. The van der Waals surface area contributed by atoms with Crippen LogP contribution in [0.5, 0.6) is 5.75 Å². The largest absolute Gasteiger partial charge is 0.491 e. The average molecular weight is 648 g/mol. The van der Waals surface area contributed by atoms with Crippen molar-refractivity contribution in [1.29, 1.82) is 0 Å². The van der Waals surface area contributed by atoms with Gasteiger partial charge in [-0.1, -0.05) is 65.7 Å². The number of benzene rings is 3. The molecule has 1 spiro atoms. The van der Waals surface area contributed by atoms with E-state index in [-0.39, 0.29) is 23.0 Å². The van der Waals surface area contributed by atoms with Crippen molar-refractivity contribution in [3.63, 3.8) is 0 Å². The highest BCUT2D eigenvalue weighted by molar-refractivity contribution is 6.42. The number of hydrogen-bond donors (Lipinski definition) is 0. The summed E-state index contributed by atoms with van der Waals surface area (Å²) in [5.41, 5.74) is 4.63. The standard InChI is InChI=1S/C38H44Cl2N2O3/c1-26(2)45-32-9-5-7-27(19-32)20-36(43)41-17-6-15-37(25-41,29-11-14-34(39)35(40)21-29)16-18-42-30-12-13-31(42)23-38(22-30)33-10-4-3-8-28(33)24-44-38/h3-5,7-11,14,19,21,26,30-31H,6,12-13,15-18,20,22-25H2,1-2H3. The first kappa shape index (κ1) is 31.1. The molecule has 3 atom stereocenters. The molecule has 3 aromatic carbocycles. The summed E-state index contributed by atoms with van der Waals surface area (Å²) in [6.07, 6.45) is 7.99. The van der Waals surface area contributed by atoms with Crippen LogP contribution in [0, 0.1) is 0 Å². The van der Waals surface area contributed by atoms with E-state index in [2.05, 4.69) is 40.1 Å². The number of piperidine rings is 2. The normalized spacial score (nSPS) is 27.7. The van der Waals surface area contributed by atoms with Gasteiger partial charge in [-0.05, 0) is 112 Å². The van der Waals surface area contributed by atoms with Gasteiger partial charge < -0.3 is 14.4 Å². The number of hydrogen-bond acceptors (Lipinski definition) is 4. The van der Waals surface area contributed by atoms with E-state index in [0.717, 1.165) is 63.1 Å². The molecule has 1 amide bonds. The molecule has 0 saturated carbocycles. The van der Waals surface area contributed by atoms with Crippen LogP contribution < -0.4 is 4.74 Å². The third-order valence-electron chi connectivity index (χ3n) is 10.8. The Balaban J connectivity index is 1.10. The maximum absolute atomic E-state index is 13.8. The zero-order valence-corrected chi connectivity index (χ0v) is 28.0. The predicted octanol–water partition coefficient (Wildman–Crippen LogP) is 8.33. The van der Waals surface area contributed by atoms with Crippen molar-refractivity contribution in [3.05, 3.63) is 99.0 Å². The predicted molar refractivity (Wildman–Crippen MR) is 180 cm³/mol. The number of halogens is 2. The molecule has 238 valence electrons. The SMILES string of the molecule is CC(C)Oc1cccc(CC(=O)N2CCCC(CCN3C4CCC3CC3(C4)OCc4ccccc43)(c3ccc(Cl)c(Cl)c3)C2)c1. The van der Waals surface area contributed by atoms with E-state index in [4.69, 9.17) is 32.7 Å². The van der Waals surface area contributed by atoms with Crippen molar-refractivity contribution >= 4 is 29.1 Å². The Hall–Kier alpha value is -2.57. The molecule has 0 N–H and O–H groups in total. The maximum atomic E-state index is 13.8. The zero-order valence-electron chi connectivity index (χ0n) is 26.4. The molecule has 7 heteroatoms. The lowest BCUT2D eigenvalue weighted by molar-refractivity contribution is -0.133.